The smallest absolute Gasteiger partial charge is 0.0677 e. The van der Waals surface area contributed by atoms with Crippen LogP contribution in [0.25, 0.3) is 5.69 Å². The number of hydrogen-bond donors (Lipinski definition) is 1. The molecule has 1 atom stereocenters. The fourth-order valence-corrected chi connectivity index (χ4v) is 1.89. The van der Waals surface area contributed by atoms with Crippen LogP contribution in [0.4, 0.5) is 0 Å². The van der Waals surface area contributed by atoms with Crippen LogP contribution in [0.15, 0.2) is 36.7 Å². The van der Waals surface area contributed by atoms with Crippen LogP contribution in [-0.2, 0) is 6.42 Å². The lowest BCUT2D eigenvalue weighted by atomic mass is 10.0. The van der Waals surface area contributed by atoms with E-state index in [0.29, 0.717) is 0 Å². The van der Waals surface area contributed by atoms with Crippen LogP contribution in [-0.4, -0.2) is 15.8 Å². The van der Waals surface area contributed by atoms with Gasteiger partial charge in [-0.3, -0.25) is 0 Å². The maximum Gasteiger partial charge on any atom is 0.0677 e. The SMILES string of the molecule is CCC(N)Cc1ccc(C)c(-n2cccn2)c1. The van der Waals surface area contributed by atoms with Crippen molar-refractivity contribution in [2.75, 3.05) is 0 Å². The van der Waals surface area contributed by atoms with Gasteiger partial charge in [0.2, 0.25) is 0 Å². The molecule has 0 spiro atoms. The van der Waals surface area contributed by atoms with Crippen molar-refractivity contribution in [1.29, 1.82) is 0 Å². The van der Waals surface area contributed by atoms with Crippen molar-refractivity contribution in [1.82, 2.24) is 9.78 Å². The summed E-state index contributed by atoms with van der Waals surface area (Å²) in [5.41, 5.74) is 9.62. The summed E-state index contributed by atoms with van der Waals surface area (Å²) in [6.45, 7) is 4.22. The van der Waals surface area contributed by atoms with E-state index in [2.05, 4.69) is 37.1 Å². The first kappa shape index (κ1) is 11.9. The predicted molar refractivity (Wildman–Crippen MR) is 70.3 cm³/mol. The molecule has 2 N–H and O–H groups in total. The minimum Gasteiger partial charge on any atom is -0.327 e. The highest BCUT2D eigenvalue weighted by atomic mass is 15.3. The number of aryl methyl sites for hydroxylation is 1. The molecule has 0 aliphatic heterocycles. The number of aromatic nitrogens is 2. The minimum absolute atomic E-state index is 0.239. The summed E-state index contributed by atoms with van der Waals surface area (Å²) in [5, 5.41) is 4.27. The normalized spacial score (nSPS) is 12.6. The Morgan fingerprint density at radius 3 is 2.88 bits per heavy atom. The summed E-state index contributed by atoms with van der Waals surface area (Å²) in [6, 6.07) is 8.64. The second kappa shape index (κ2) is 5.15. The average Bonchev–Trinajstić information content (AvgIpc) is 2.85. The molecule has 1 aromatic heterocycles. The monoisotopic (exact) mass is 229 g/mol. The third-order valence-electron chi connectivity index (χ3n) is 3.05. The molecule has 0 saturated carbocycles. The van der Waals surface area contributed by atoms with E-state index in [0.717, 1.165) is 18.5 Å². The number of rotatable bonds is 4. The molecule has 0 aliphatic rings. The van der Waals surface area contributed by atoms with Gasteiger partial charge in [0.1, 0.15) is 0 Å². The maximum atomic E-state index is 5.99. The molecule has 1 unspecified atom stereocenters. The quantitative estimate of drug-likeness (QED) is 0.875. The van der Waals surface area contributed by atoms with Crippen molar-refractivity contribution in [3.05, 3.63) is 47.8 Å². The van der Waals surface area contributed by atoms with Gasteiger partial charge in [-0.25, -0.2) is 4.68 Å². The fourth-order valence-electron chi connectivity index (χ4n) is 1.89. The third-order valence-corrected chi connectivity index (χ3v) is 3.05. The number of hydrogen-bond acceptors (Lipinski definition) is 2. The molecule has 0 amide bonds. The number of benzene rings is 1. The van der Waals surface area contributed by atoms with Crippen LogP contribution in [0.3, 0.4) is 0 Å². The lowest BCUT2D eigenvalue weighted by Crippen LogP contribution is -2.21. The van der Waals surface area contributed by atoms with Gasteiger partial charge < -0.3 is 5.73 Å². The molecular weight excluding hydrogens is 210 g/mol. The molecule has 0 fully saturated rings. The van der Waals surface area contributed by atoms with Gasteiger partial charge in [-0.1, -0.05) is 19.1 Å². The van der Waals surface area contributed by atoms with Gasteiger partial charge in [0.05, 0.1) is 5.69 Å². The van der Waals surface area contributed by atoms with Crippen molar-refractivity contribution < 1.29 is 0 Å². The Morgan fingerprint density at radius 2 is 2.24 bits per heavy atom. The van der Waals surface area contributed by atoms with Crippen LogP contribution < -0.4 is 5.73 Å². The standard InChI is InChI=1S/C14H19N3/c1-3-13(15)9-12-6-5-11(2)14(10-12)17-8-4-7-16-17/h4-8,10,13H,3,9,15H2,1-2H3. The van der Waals surface area contributed by atoms with Gasteiger partial charge in [-0.15, -0.1) is 0 Å². The highest BCUT2D eigenvalue weighted by Gasteiger charge is 2.06. The molecule has 0 aliphatic carbocycles. The summed E-state index contributed by atoms with van der Waals surface area (Å²) >= 11 is 0. The van der Waals surface area contributed by atoms with Crippen LogP contribution in [0.1, 0.15) is 24.5 Å². The summed E-state index contributed by atoms with van der Waals surface area (Å²) < 4.78 is 1.90. The average molecular weight is 229 g/mol. The molecule has 0 radical (unpaired) electrons. The van der Waals surface area contributed by atoms with Gasteiger partial charge >= 0.3 is 0 Å². The largest absolute Gasteiger partial charge is 0.327 e. The maximum absolute atomic E-state index is 5.99. The van der Waals surface area contributed by atoms with E-state index in [-0.39, 0.29) is 6.04 Å². The van der Waals surface area contributed by atoms with Crippen LogP contribution in [0.2, 0.25) is 0 Å². The Kier molecular flexibility index (Phi) is 3.59. The van der Waals surface area contributed by atoms with Crippen LogP contribution in [0, 0.1) is 6.92 Å². The fraction of sp³-hybridized carbons (Fsp3) is 0.357. The Labute approximate surface area is 102 Å². The topological polar surface area (TPSA) is 43.8 Å². The van der Waals surface area contributed by atoms with E-state index < -0.39 is 0 Å². The van der Waals surface area contributed by atoms with Crippen LogP contribution in [0.5, 0.6) is 0 Å². The van der Waals surface area contributed by atoms with E-state index >= 15 is 0 Å². The van der Waals surface area contributed by atoms with E-state index in [1.165, 1.54) is 11.1 Å². The first-order valence-electron chi connectivity index (χ1n) is 6.06. The minimum atomic E-state index is 0.239. The van der Waals surface area contributed by atoms with E-state index in [9.17, 15) is 0 Å². The van der Waals surface area contributed by atoms with Crippen LogP contribution >= 0.6 is 0 Å². The summed E-state index contributed by atoms with van der Waals surface area (Å²) in [5.74, 6) is 0. The first-order valence-corrected chi connectivity index (χ1v) is 6.06. The molecule has 2 rings (SSSR count). The van der Waals surface area contributed by atoms with E-state index in [4.69, 9.17) is 5.73 Å². The summed E-state index contributed by atoms with van der Waals surface area (Å²) in [6.07, 6.45) is 5.69. The molecule has 17 heavy (non-hydrogen) atoms. The zero-order valence-electron chi connectivity index (χ0n) is 10.4. The summed E-state index contributed by atoms with van der Waals surface area (Å²) in [7, 11) is 0. The molecule has 3 heteroatoms. The second-order valence-electron chi connectivity index (χ2n) is 4.44. The van der Waals surface area contributed by atoms with Gasteiger partial charge in [0, 0.05) is 18.4 Å². The van der Waals surface area contributed by atoms with Crippen molar-refractivity contribution in [3.8, 4) is 5.69 Å². The van der Waals surface area contributed by atoms with Crippen molar-refractivity contribution in [3.63, 3.8) is 0 Å². The number of nitrogens with zero attached hydrogens (tertiary/aromatic N) is 2. The molecular formula is C14H19N3. The molecule has 2 aromatic rings. The highest BCUT2D eigenvalue weighted by Crippen LogP contribution is 2.16. The summed E-state index contributed by atoms with van der Waals surface area (Å²) in [4.78, 5) is 0. The predicted octanol–water partition coefficient (Wildman–Crippen LogP) is 2.46. The Bertz CT molecular complexity index is 474. The Hall–Kier alpha value is -1.61. The third kappa shape index (κ3) is 2.74. The number of nitrogens with two attached hydrogens (primary N) is 1. The van der Waals surface area contributed by atoms with E-state index in [1.54, 1.807) is 6.20 Å². The Morgan fingerprint density at radius 1 is 1.41 bits per heavy atom. The lowest BCUT2D eigenvalue weighted by molar-refractivity contribution is 0.646. The Balaban J connectivity index is 2.30. The molecule has 90 valence electrons. The molecule has 0 saturated heterocycles. The van der Waals surface area contributed by atoms with Crippen molar-refractivity contribution in [2.45, 2.75) is 32.7 Å². The van der Waals surface area contributed by atoms with Crippen molar-refractivity contribution >= 4 is 0 Å². The van der Waals surface area contributed by atoms with Gasteiger partial charge in [0.25, 0.3) is 0 Å². The van der Waals surface area contributed by atoms with Crippen molar-refractivity contribution in [2.24, 2.45) is 5.73 Å². The molecule has 1 aromatic carbocycles. The first-order chi connectivity index (χ1) is 8.20. The highest BCUT2D eigenvalue weighted by molar-refractivity contribution is 5.42. The van der Waals surface area contributed by atoms with Gasteiger partial charge in [-0.05, 0) is 43.0 Å². The molecule has 1 heterocycles. The van der Waals surface area contributed by atoms with Gasteiger partial charge in [-0.2, -0.15) is 5.10 Å². The second-order valence-corrected chi connectivity index (χ2v) is 4.44. The van der Waals surface area contributed by atoms with Gasteiger partial charge in [0.15, 0.2) is 0 Å². The van der Waals surface area contributed by atoms with E-state index in [1.807, 2.05) is 16.9 Å². The zero-order valence-corrected chi connectivity index (χ0v) is 10.4. The zero-order chi connectivity index (χ0) is 12.3. The molecule has 3 nitrogen and oxygen atoms in total. The molecule has 0 bridgehead atoms. The lowest BCUT2D eigenvalue weighted by Gasteiger charge is -2.12.